The van der Waals surface area contributed by atoms with Crippen LogP contribution in [0.2, 0.25) is 5.02 Å². The fourth-order valence-electron chi connectivity index (χ4n) is 2.07. The predicted molar refractivity (Wildman–Crippen MR) is 72.2 cm³/mol. The summed E-state index contributed by atoms with van der Waals surface area (Å²) < 4.78 is 39.8. The minimum Gasteiger partial charge on any atom is -0.285 e. The Morgan fingerprint density at radius 2 is 1.90 bits per heavy atom. The van der Waals surface area contributed by atoms with Crippen molar-refractivity contribution in [3.63, 3.8) is 0 Å². The van der Waals surface area contributed by atoms with Gasteiger partial charge in [0.2, 0.25) is 0 Å². The maximum atomic E-state index is 12.7. The van der Waals surface area contributed by atoms with Crippen LogP contribution in [-0.2, 0) is 12.6 Å². The molecule has 0 atom stereocenters. The predicted octanol–water partition coefficient (Wildman–Crippen LogP) is 3.99. The molecule has 0 amide bonds. The molecule has 3 nitrogen and oxygen atoms in total. The zero-order valence-corrected chi connectivity index (χ0v) is 11.4. The molecule has 7 heteroatoms. The maximum absolute atomic E-state index is 12.7. The number of aromatic nitrogens is 3. The van der Waals surface area contributed by atoms with Crippen LogP contribution in [0.15, 0.2) is 42.6 Å². The van der Waals surface area contributed by atoms with Crippen LogP contribution >= 0.6 is 11.6 Å². The fraction of sp³-hybridized carbons (Fsp3) is 0.143. The first-order valence-electron chi connectivity index (χ1n) is 6.09. The molecule has 21 heavy (non-hydrogen) atoms. The number of halogens is 4. The molecule has 3 aromatic rings. The van der Waals surface area contributed by atoms with Crippen molar-refractivity contribution < 1.29 is 13.2 Å². The van der Waals surface area contributed by atoms with E-state index >= 15 is 0 Å². The van der Waals surface area contributed by atoms with Crippen molar-refractivity contribution in [2.24, 2.45) is 0 Å². The van der Waals surface area contributed by atoms with Gasteiger partial charge in [-0.15, -0.1) is 10.2 Å². The first-order chi connectivity index (χ1) is 9.93. The summed E-state index contributed by atoms with van der Waals surface area (Å²) in [6, 6.07) is 8.55. The highest BCUT2D eigenvalue weighted by atomic mass is 35.5. The summed E-state index contributed by atoms with van der Waals surface area (Å²) in [6.07, 6.45) is -2.47. The van der Waals surface area contributed by atoms with Crippen molar-refractivity contribution in [1.29, 1.82) is 0 Å². The van der Waals surface area contributed by atoms with Crippen LogP contribution in [0.4, 0.5) is 13.2 Å². The summed E-state index contributed by atoms with van der Waals surface area (Å²) in [7, 11) is 0. The van der Waals surface area contributed by atoms with Gasteiger partial charge in [-0.3, -0.25) is 4.40 Å². The second-order valence-corrected chi connectivity index (χ2v) is 5.00. The van der Waals surface area contributed by atoms with Crippen LogP contribution in [0.1, 0.15) is 17.0 Å². The van der Waals surface area contributed by atoms with Crippen molar-refractivity contribution in [1.82, 2.24) is 14.6 Å². The Labute approximate surface area is 123 Å². The standard InChI is InChI=1S/C14H9ClF3N3/c15-11-4-5-12-19-20-13(21(12)8-11)7-9-2-1-3-10(6-9)14(16,17)18/h1-6,8H,7H2. The van der Waals surface area contributed by atoms with Gasteiger partial charge in [0.05, 0.1) is 10.6 Å². The molecule has 0 aliphatic heterocycles. The Kier molecular flexibility index (Phi) is 3.33. The molecule has 0 radical (unpaired) electrons. The lowest BCUT2D eigenvalue weighted by Gasteiger charge is -2.08. The van der Waals surface area contributed by atoms with E-state index in [-0.39, 0.29) is 6.42 Å². The molecule has 0 spiro atoms. The number of benzene rings is 1. The Balaban J connectivity index is 1.97. The lowest BCUT2D eigenvalue weighted by molar-refractivity contribution is -0.137. The molecule has 0 aliphatic rings. The van der Waals surface area contributed by atoms with Crippen LogP contribution in [-0.4, -0.2) is 14.6 Å². The molecule has 0 bridgehead atoms. The quantitative estimate of drug-likeness (QED) is 0.716. The summed E-state index contributed by atoms with van der Waals surface area (Å²) in [5.41, 5.74) is 0.437. The summed E-state index contributed by atoms with van der Waals surface area (Å²) in [6.45, 7) is 0. The van der Waals surface area contributed by atoms with E-state index < -0.39 is 11.7 Å². The summed E-state index contributed by atoms with van der Waals surface area (Å²) in [4.78, 5) is 0. The smallest absolute Gasteiger partial charge is 0.285 e. The molecule has 0 saturated heterocycles. The first-order valence-corrected chi connectivity index (χ1v) is 6.46. The number of hydrogen-bond donors (Lipinski definition) is 0. The molecule has 0 fully saturated rings. The molecule has 0 saturated carbocycles. The third kappa shape index (κ3) is 2.85. The van der Waals surface area contributed by atoms with Gasteiger partial charge in [0, 0.05) is 12.6 Å². The highest BCUT2D eigenvalue weighted by Crippen LogP contribution is 2.29. The van der Waals surface area contributed by atoms with Gasteiger partial charge in [-0.2, -0.15) is 13.2 Å². The molecule has 2 aromatic heterocycles. The van der Waals surface area contributed by atoms with Gasteiger partial charge < -0.3 is 0 Å². The van der Waals surface area contributed by atoms with E-state index in [0.717, 1.165) is 12.1 Å². The normalized spacial score (nSPS) is 12.0. The second-order valence-electron chi connectivity index (χ2n) is 4.57. The number of pyridine rings is 1. The van der Waals surface area contributed by atoms with Crippen molar-refractivity contribution in [2.75, 3.05) is 0 Å². The Morgan fingerprint density at radius 1 is 1.10 bits per heavy atom. The molecule has 108 valence electrons. The van der Waals surface area contributed by atoms with Crippen LogP contribution in [0.5, 0.6) is 0 Å². The van der Waals surface area contributed by atoms with Crippen LogP contribution < -0.4 is 0 Å². The Morgan fingerprint density at radius 3 is 2.67 bits per heavy atom. The summed E-state index contributed by atoms with van der Waals surface area (Å²) in [5.74, 6) is 0.534. The monoisotopic (exact) mass is 311 g/mol. The lowest BCUT2D eigenvalue weighted by atomic mass is 10.1. The van der Waals surface area contributed by atoms with Crippen molar-refractivity contribution in [3.8, 4) is 0 Å². The van der Waals surface area contributed by atoms with Crippen molar-refractivity contribution >= 4 is 17.2 Å². The van der Waals surface area contributed by atoms with E-state index in [1.54, 1.807) is 28.8 Å². The van der Waals surface area contributed by atoms with Crippen LogP contribution in [0, 0.1) is 0 Å². The van der Waals surface area contributed by atoms with Gasteiger partial charge in [-0.25, -0.2) is 0 Å². The summed E-state index contributed by atoms with van der Waals surface area (Å²) in [5, 5.41) is 8.46. The van der Waals surface area contributed by atoms with Gasteiger partial charge in [0.15, 0.2) is 5.65 Å². The van der Waals surface area contributed by atoms with E-state index in [4.69, 9.17) is 11.6 Å². The first kappa shape index (κ1) is 13.9. The van der Waals surface area contributed by atoms with Crippen LogP contribution in [0.25, 0.3) is 5.65 Å². The highest BCUT2D eigenvalue weighted by molar-refractivity contribution is 6.30. The number of alkyl halides is 3. The van der Waals surface area contributed by atoms with Crippen molar-refractivity contribution in [3.05, 3.63) is 64.6 Å². The molecular weight excluding hydrogens is 303 g/mol. The Bertz CT molecular complexity index is 796. The van der Waals surface area contributed by atoms with Gasteiger partial charge in [-0.05, 0) is 23.8 Å². The second kappa shape index (κ2) is 5.04. The van der Waals surface area contributed by atoms with Crippen molar-refractivity contribution in [2.45, 2.75) is 12.6 Å². The SMILES string of the molecule is FC(F)(F)c1cccc(Cc2nnc3ccc(Cl)cn23)c1. The van der Waals surface area contributed by atoms with Crippen LogP contribution in [0.3, 0.4) is 0 Å². The third-order valence-electron chi connectivity index (χ3n) is 3.05. The third-order valence-corrected chi connectivity index (χ3v) is 3.28. The Hall–Kier alpha value is -2.08. The minimum absolute atomic E-state index is 0.241. The molecule has 0 N–H and O–H groups in total. The molecule has 1 aromatic carbocycles. The molecular formula is C14H9ClF3N3. The molecule has 2 heterocycles. The zero-order valence-electron chi connectivity index (χ0n) is 10.6. The number of nitrogens with zero attached hydrogens (tertiary/aromatic N) is 3. The average molecular weight is 312 g/mol. The van der Waals surface area contributed by atoms with E-state index in [1.165, 1.54) is 6.07 Å². The number of rotatable bonds is 2. The zero-order chi connectivity index (χ0) is 15.0. The highest BCUT2D eigenvalue weighted by Gasteiger charge is 2.30. The lowest BCUT2D eigenvalue weighted by Crippen LogP contribution is -2.06. The minimum atomic E-state index is -4.35. The van der Waals surface area contributed by atoms with E-state index in [2.05, 4.69) is 10.2 Å². The maximum Gasteiger partial charge on any atom is 0.416 e. The van der Waals surface area contributed by atoms with Gasteiger partial charge >= 0.3 is 6.18 Å². The average Bonchev–Trinajstić information content (AvgIpc) is 2.81. The van der Waals surface area contributed by atoms with E-state index in [0.29, 0.717) is 22.1 Å². The number of fused-ring (bicyclic) bond motifs is 1. The molecule has 0 unspecified atom stereocenters. The molecule has 3 rings (SSSR count). The van der Waals surface area contributed by atoms with Gasteiger partial charge in [0.25, 0.3) is 0 Å². The largest absolute Gasteiger partial charge is 0.416 e. The van der Waals surface area contributed by atoms with E-state index in [9.17, 15) is 13.2 Å². The fourth-order valence-corrected chi connectivity index (χ4v) is 2.23. The summed E-state index contributed by atoms with van der Waals surface area (Å²) >= 11 is 5.91. The van der Waals surface area contributed by atoms with E-state index in [1.807, 2.05) is 0 Å². The molecule has 0 aliphatic carbocycles. The number of hydrogen-bond acceptors (Lipinski definition) is 2. The topological polar surface area (TPSA) is 30.2 Å². The van der Waals surface area contributed by atoms with Gasteiger partial charge in [0.1, 0.15) is 5.82 Å². The van der Waals surface area contributed by atoms with Gasteiger partial charge in [-0.1, -0.05) is 29.8 Å².